The summed E-state index contributed by atoms with van der Waals surface area (Å²) in [6, 6.07) is 12.5. The maximum Gasteiger partial charge on any atom is 0.356 e. The van der Waals surface area contributed by atoms with E-state index in [9.17, 15) is 9.59 Å². The maximum atomic E-state index is 12.2. The molecular formula is C17H11ClN4O3S. The molecule has 0 fully saturated rings. The van der Waals surface area contributed by atoms with Crippen molar-refractivity contribution in [2.75, 3.05) is 11.9 Å². The number of hydrogen-bond donors (Lipinski definition) is 2. The lowest BCUT2D eigenvalue weighted by Crippen LogP contribution is -2.21. The molecule has 9 heteroatoms. The molecule has 0 saturated carbocycles. The van der Waals surface area contributed by atoms with Crippen LogP contribution in [0.1, 0.15) is 10.5 Å². The van der Waals surface area contributed by atoms with Crippen molar-refractivity contribution < 1.29 is 14.3 Å². The molecule has 7 nitrogen and oxygen atoms in total. The number of aromatic amines is 1. The topological polar surface area (TPSA) is 97.0 Å². The molecule has 0 aliphatic rings. The Morgan fingerprint density at radius 1 is 1.15 bits per heavy atom. The van der Waals surface area contributed by atoms with E-state index in [0.29, 0.717) is 22.1 Å². The van der Waals surface area contributed by atoms with Crippen LogP contribution in [0, 0.1) is 0 Å². The second-order valence-corrected chi connectivity index (χ2v) is 6.33. The van der Waals surface area contributed by atoms with Crippen molar-refractivity contribution >= 4 is 62.8 Å². The van der Waals surface area contributed by atoms with Gasteiger partial charge in [-0.2, -0.15) is 8.75 Å². The van der Waals surface area contributed by atoms with E-state index >= 15 is 0 Å². The summed E-state index contributed by atoms with van der Waals surface area (Å²) in [5.41, 5.74) is 2.63. The van der Waals surface area contributed by atoms with E-state index in [-0.39, 0.29) is 10.7 Å². The zero-order chi connectivity index (χ0) is 18.1. The summed E-state index contributed by atoms with van der Waals surface area (Å²) < 4.78 is 13.3. The molecule has 0 aliphatic carbocycles. The van der Waals surface area contributed by atoms with Crippen molar-refractivity contribution in [2.45, 2.75) is 0 Å². The Labute approximate surface area is 156 Å². The van der Waals surface area contributed by atoms with Crippen molar-refractivity contribution in [3.05, 3.63) is 53.2 Å². The Morgan fingerprint density at radius 3 is 2.85 bits per heavy atom. The first kappa shape index (κ1) is 16.5. The Bertz CT molecular complexity index is 1140. The number of fused-ring (bicyclic) bond motifs is 2. The van der Waals surface area contributed by atoms with Gasteiger partial charge in [-0.1, -0.05) is 35.9 Å². The number of esters is 1. The van der Waals surface area contributed by atoms with Crippen LogP contribution in [0.3, 0.4) is 0 Å². The number of hydrogen-bond acceptors (Lipinski definition) is 6. The smallest absolute Gasteiger partial charge is 0.356 e. The summed E-state index contributed by atoms with van der Waals surface area (Å²) in [6.07, 6.45) is 0. The second kappa shape index (κ2) is 6.74. The molecule has 4 rings (SSSR count). The van der Waals surface area contributed by atoms with Gasteiger partial charge in [-0.05, 0) is 18.2 Å². The maximum absolute atomic E-state index is 12.2. The number of benzene rings is 2. The van der Waals surface area contributed by atoms with Crippen molar-refractivity contribution in [1.29, 1.82) is 0 Å². The summed E-state index contributed by atoms with van der Waals surface area (Å²) in [4.78, 5) is 27.2. The Hall–Kier alpha value is -2.97. The fourth-order valence-electron chi connectivity index (χ4n) is 2.54. The molecule has 26 heavy (non-hydrogen) atoms. The van der Waals surface area contributed by atoms with Crippen molar-refractivity contribution in [3.8, 4) is 0 Å². The van der Waals surface area contributed by atoms with Gasteiger partial charge in [-0.25, -0.2) is 4.79 Å². The van der Waals surface area contributed by atoms with E-state index in [4.69, 9.17) is 16.3 Å². The van der Waals surface area contributed by atoms with Crippen LogP contribution in [0.25, 0.3) is 21.9 Å². The number of carbonyl (C=O) groups is 2. The van der Waals surface area contributed by atoms with Gasteiger partial charge in [0.05, 0.1) is 22.4 Å². The number of H-pyrrole nitrogens is 1. The van der Waals surface area contributed by atoms with Crippen molar-refractivity contribution in [2.24, 2.45) is 0 Å². The molecule has 2 N–H and O–H groups in total. The molecule has 130 valence electrons. The lowest BCUT2D eigenvalue weighted by molar-refractivity contribution is -0.119. The fraction of sp³-hybridized carbons (Fsp3) is 0.0588. The van der Waals surface area contributed by atoms with E-state index in [0.717, 1.165) is 17.2 Å². The normalized spacial score (nSPS) is 11.0. The van der Waals surface area contributed by atoms with Crippen LogP contribution < -0.4 is 5.32 Å². The first-order valence-corrected chi connectivity index (χ1v) is 8.69. The molecule has 0 bridgehead atoms. The summed E-state index contributed by atoms with van der Waals surface area (Å²) in [5.74, 6) is -1.18. The molecular weight excluding hydrogens is 376 g/mol. The standard InChI is InChI=1S/C17H11ClN4O3S/c18-14-9-4-1-2-5-10(9)20-16(14)17(24)25-8-13(23)19-11-6-3-7-12-15(11)22-26-21-12/h1-7,20H,8H2,(H,19,23). The number of anilines is 1. The quantitative estimate of drug-likeness (QED) is 0.522. The summed E-state index contributed by atoms with van der Waals surface area (Å²) in [7, 11) is 0. The largest absolute Gasteiger partial charge is 0.451 e. The number of carbonyl (C=O) groups excluding carboxylic acids is 2. The minimum atomic E-state index is -0.699. The Kier molecular flexibility index (Phi) is 4.27. The molecule has 0 spiro atoms. The minimum absolute atomic E-state index is 0.117. The summed E-state index contributed by atoms with van der Waals surface area (Å²) in [5, 5.41) is 3.65. The van der Waals surface area contributed by atoms with Crippen LogP contribution in [-0.2, 0) is 9.53 Å². The predicted octanol–water partition coefficient (Wildman–Crippen LogP) is 3.62. The van der Waals surface area contributed by atoms with Crippen LogP contribution >= 0.6 is 23.3 Å². The third-order valence-corrected chi connectivity index (χ3v) is 4.68. The van der Waals surface area contributed by atoms with Gasteiger partial charge in [0.15, 0.2) is 6.61 Å². The zero-order valence-electron chi connectivity index (χ0n) is 13.2. The summed E-state index contributed by atoms with van der Waals surface area (Å²) in [6.45, 7) is -0.446. The van der Waals surface area contributed by atoms with Crippen molar-refractivity contribution in [1.82, 2.24) is 13.7 Å². The number of rotatable bonds is 4. The lowest BCUT2D eigenvalue weighted by atomic mass is 10.2. The molecule has 2 aromatic carbocycles. The van der Waals surface area contributed by atoms with Crippen molar-refractivity contribution in [3.63, 3.8) is 0 Å². The number of nitrogens with zero attached hydrogens (tertiary/aromatic N) is 2. The number of para-hydroxylation sites is 1. The molecule has 0 radical (unpaired) electrons. The fourth-order valence-corrected chi connectivity index (χ4v) is 3.38. The van der Waals surface area contributed by atoms with Gasteiger partial charge in [0.1, 0.15) is 16.7 Å². The van der Waals surface area contributed by atoms with Gasteiger partial charge < -0.3 is 15.0 Å². The van der Waals surface area contributed by atoms with E-state index in [1.807, 2.05) is 12.1 Å². The van der Waals surface area contributed by atoms with E-state index < -0.39 is 18.5 Å². The molecule has 0 saturated heterocycles. The molecule has 2 heterocycles. The lowest BCUT2D eigenvalue weighted by Gasteiger charge is -2.06. The highest BCUT2D eigenvalue weighted by molar-refractivity contribution is 7.00. The SMILES string of the molecule is O=C(COC(=O)c1[nH]c2ccccc2c1Cl)Nc1cccc2nsnc12. The minimum Gasteiger partial charge on any atom is -0.451 e. The number of ether oxygens (including phenoxy) is 1. The highest BCUT2D eigenvalue weighted by Crippen LogP contribution is 2.27. The van der Waals surface area contributed by atoms with Crippen LogP contribution in [0.5, 0.6) is 0 Å². The van der Waals surface area contributed by atoms with Gasteiger partial charge in [0.2, 0.25) is 0 Å². The van der Waals surface area contributed by atoms with Gasteiger partial charge >= 0.3 is 5.97 Å². The molecule has 1 amide bonds. The first-order valence-electron chi connectivity index (χ1n) is 7.58. The van der Waals surface area contributed by atoms with E-state index in [2.05, 4.69) is 19.0 Å². The number of nitrogens with one attached hydrogen (secondary N) is 2. The number of aromatic nitrogens is 3. The highest BCUT2D eigenvalue weighted by Gasteiger charge is 2.19. The van der Waals surface area contributed by atoms with Gasteiger partial charge in [0, 0.05) is 10.9 Å². The molecule has 2 aromatic heterocycles. The summed E-state index contributed by atoms with van der Waals surface area (Å²) >= 11 is 7.26. The van der Waals surface area contributed by atoms with Gasteiger partial charge in [-0.3, -0.25) is 4.79 Å². The van der Waals surface area contributed by atoms with Gasteiger partial charge in [0.25, 0.3) is 5.91 Å². The number of amides is 1. The average molecular weight is 387 g/mol. The number of halogens is 1. The Morgan fingerprint density at radius 2 is 2.00 bits per heavy atom. The van der Waals surface area contributed by atoms with Crippen LogP contribution in [-0.4, -0.2) is 32.2 Å². The molecule has 4 aromatic rings. The van der Waals surface area contributed by atoms with E-state index in [1.54, 1.807) is 30.3 Å². The molecule has 0 atom stereocenters. The zero-order valence-corrected chi connectivity index (χ0v) is 14.7. The van der Waals surface area contributed by atoms with Crippen LogP contribution in [0.15, 0.2) is 42.5 Å². The Balaban J connectivity index is 1.44. The predicted molar refractivity (Wildman–Crippen MR) is 99.6 cm³/mol. The average Bonchev–Trinajstić information content (AvgIpc) is 3.25. The van der Waals surface area contributed by atoms with Crippen LogP contribution in [0.4, 0.5) is 5.69 Å². The first-order chi connectivity index (χ1) is 12.6. The monoisotopic (exact) mass is 386 g/mol. The van der Waals surface area contributed by atoms with Crippen LogP contribution in [0.2, 0.25) is 5.02 Å². The third-order valence-electron chi connectivity index (χ3n) is 3.74. The molecule has 0 unspecified atom stereocenters. The van der Waals surface area contributed by atoms with Gasteiger partial charge in [-0.15, -0.1) is 0 Å². The van der Waals surface area contributed by atoms with E-state index in [1.165, 1.54) is 0 Å². The molecule has 0 aliphatic heterocycles. The highest BCUT2D eigenvalue weighted by atomic mass is 35.5. The second-order valence-electron chi connectivity index (χ2n) is 5.42. The third kappa shape index (κ3) is 3.00.